The zero-order valence-electron chi connectivity index (χ0n) is 5.15. The van der Waals surface area contributed by atoms with Crippen LogP contribution in [0.15, 0.2) is 0 Å². The Hall–Kier alpha value is -0.510. The number of rotatable bonds is 1. The Labute approximate surface area is 40.0 Å². The van der Waals surface area contributed by atoms with Gasteiger partial charge in [0.2, 0.25) is 0 Å². The summed E-state index contributed by atoms with van der Waals surface area (Å²) in [5.74, 6) is -0.561. The van der Waals surface area contributed by atoms with Crippen LogP contribution in [0.2, 0.25) is 0 Å². The maximum atomic E-state index is 8.03. The Morgan fingerprint density at radius 2 is 2.50 bits per heavy atom. The zero-order valence-corrected chi connectivity index (χ0v) is 4.15. The first-order valence-electron chi connectivity index (χ1n) is 2.43. The van der Waals surface area contributed by atoms with E-state index >= 15 is 0 Å². The number of hydrogen-bond donors (Lipinski definition) is 0. The maximum absolute atomic E-state index is 8.03. The third kappa shape index (κ3) is 3.49. The van der Waals surface area contributed by atoms with Crippen molar-refractivity contribution in [2.45, 2.75) is 20.3 Å². The van der Waals surface area contributed by atoms with Gasteiger partial charge in [-0.3, -0.25) is 0 Å². The molecule has 0 aliphatic rings. The van der Waals surface area contributed by atoms with E-state index in [2.05, 4.69) is 0 Å². The normalized spacial score (nSPS) is 12.5. The van der Waals surface area contributed by atoms with E-state index in [4.69, 9.17) is 6.63 Å². The highest BCUT2D eigenvalue weighted by molar-refractivity contribution is 4.69. The molecule has 0 aromatic rings. The first kappa shape index (κ1) is 3.67. The van der Waals surface area contributed by atoms with Crippen LogP contribution in [0.3, 0.4) is 0 Å². The predicted octanol–water partition coefficient (Wildman–Crippen LogP) is 1.56. The Morgan fingerprint density at radius 3 is 2.50 bits per heavy atom. The summed E-state index contributed by atoms with van der Waals surface area (Å²) in [5, 5.41) is 8.03. The fourth-order valence-electron chi connectivity index (χ4n) is 0.158. The molecule has 0 atom stereocenters. The summed E-state index contributed by atoms with van der Waals surface area (Å²) < 4.78 is 7.11. The molecule has 0 heterocycles. The SMILES string of the molecule is [2H]C(C)(C)CC#N. The number of hydrogen-bond acceptors (Lipinski definition) is 1. The fraction of sp³-hybridized carbons (Fsp3) is 0.800. The number of nitrogens with zero attached hydrogens (tertiary/aromatic N) is 1. The van der Waals surface area contributed by atoms with Crippen molar-refractivity contribution >= 4 is 0 Å². The minimum absolute atomic E-state index is 0.312. The average Bonchev–Trinajstić information content (AvgIpc) is 1.30. The Balaban J connectivity index is 3.40. The van der Waals surface area contributed by atoms with E-state index in [1.807, 2.05) is 6.07 Å². The van der Waals surface area contributed by atoms with Crippen molar-refractivity contribution in [1.29, 1.82) is 5.26 Å². The Bertz CT molecular complexity index is 85.2. The van der Waals surface area contributed by atoms with Gasteiger partial charge in [-0.15, -0.1) is 0 Å². The molecule has 0 rings (SSSR count). The van der Waals surface area contributed by atoms with Gasteiger partial charge in [0.25, 0.3) is 0 Å². The predicted molar refractivity (Wildman–Crippen MR) is 25.1 cm³/mol. The molecule has 0 amide bonds. The third-order valence-corrected chi connectivity index (χ3v) is 0.433. The topological polar surface area (TPSA) is 23.8 Å². The van der Waals surface area contributed by atoms with Crippen molar-refractivity contribution < 1.29 is 1.37 Å². The minimum atomic E-state index is -0.561. The summed E-state index contributed by atoms with van der Waals surface area (Å²) in [5.41, 5.74) is 0. The van der Waals surface area contributed by atoms with E-state index in [1.54, 1.807) is 13.8 Å². The van der Waals surface area contributed by atoms with Crippen LogP contribution < -0.4 is 0 Å². The van der Waals surface area contributed by atoms with Crippen LogP contribution in [0.4, 0.5) is 0 Å². The molecule has 1 heteroatoms. The molecule has 0 unspecified atom stereocenters. The highest BCUT2D eigenvalue weighted by atomic mass is 14.2. The van der Waals surface area contributed by atoms with Gasteiger partial charge in [-0.1, -0.05) is 13.8 Å². The lowest BCUT2D eigenvalue weighted by molar-refractivity contribution is 0.671. The number of nitriles is 1. The first-order valence-corrected chi connectivity index (χ1v) is 1.93. The zero-order chi connectivity index (χ0) is 5.91. The van der Waals surface area contributed by atoms with Crippen molar-refractivity contribution in [3.05, 3.63) is 0 Å². The van der Waals surface area contributed by atoms with Crippen LogP contribution in [0.5, 0.6) is 0 Å². The standard InChI is InChI=1S/C5H9N/c1-5(2)3-4-6/h5H,3H2,1-2H3/i5D. The van der Waals surface area contributed by atoms with Crippen molar-refractivity contribution in [3.8, 4) is 6.07 Å². The second-order valence-corrected chi connectivity index (χ2v) is 1.54. The van der Waals surface area contributed by atoms with Gasteiger partial charge in [-0.05, 0) is 5.89 Å². The summed E-state index contributed by atoms with van der Waals surface area (Å²) in [6.07, 6.45) is 0.312. The van der Waals surface area contributed by atoms with Gasteiger partial charge in [-0.25, -0.2) is 0 Å². The molecule has 0 saturated carbocycles. The Morgan fingerprint density at radius 1 is 2.00 bits per heavy atom. The monoisotopic (exact) mass is 84.1 g/mol. The molecule has 0 bridgehead atoms. The lowest BCUT2D eigenvalue weighted by Crippen LogP contribution is -1.79. The molecule has 0 aliphatic heterocycles. The van der Waals surface area contributed by atoms with Crippen molar-refractivity contribution in [3.63, 3.8) is 0 Å². The molecule has 0 aliphatic carbocycles. The second-order valence-electron chi connectivity index (χ2n) is 1.54. The highest BCUT2D eigenvalue weighted by Gasteiger charge is 1.85. The van der Waals surface area contributed by atoms with Gasteiger partial charge in [0.05, 0.1) is 6.07 Å². The molecule has 0 spiro atoms. The molecule has 6 heavy (non-hydrogen) atoms. The molecule has 0 aromatic carbocycles. The molecule has 1 nitrogen and oxygen atoms in total. The average molecular weight is 84.1 g/mol. The quantitative estimate of drug-likeness (QED) is 0.473. The maximum Gasteiger partial charge on any atom is 0.0624 e. The third-order valence-electron chi connectivity index (χ3n) is 0.433. The van der Waals surface area contributed by atoms with Gasteiger partial charge in [0, 0.05) is 7.79 Å². The summed E-state index contributed by atoms with van der Waals surface area (Å²) in [4.78, 5) is 0. The van der Waals surface area contributed by atoms with Gasteiger partial charge in [0.15, 0.2) is 0 Å². The molecular weight excluding hydrogens is 74.1 g/mol. The minimum Gasteiger partial charge on any atom is -0.198 e. The molecule has 0 aromatic heterocycles. The lowest BCUT2D eigenvalue weighted by atomic mass is 10.2. The van der Waals surface area contributed by atoms with E-state index < -0.39 is 5.89 Å². The van der Waals surface area contributed by atoms with Crippen LogP contribution in [-0.2, 0) is 0 Å². The van der Waals surface area contributed by atoms with Gasteiger partial charge >= 0.3 is 0 Å². The van der Waals surface area contributed by atoms with E-state index in [-0.39, 0.29) is 0 Å². The van der Waals surface area contributed by atoms with Gasteiger partial charge in [0.1, 0.15) is 0 Å². The van der Waals surface area contributed by atoms with Crippen molar-refractivity contribution in [2.24, 2.45) is 5.89 Å². The smallest absolute Gasteiger partial charge is 0.0624 e. The van der Waals surface area contributed by atoms with E-state index in [1.165, 1.54) is 0 Å². The van der Waals surface area contributed by atoms with Gasteiger partial charge in [-0.2, -0.15) is 5.26 Å². The molecule has 0 fully saturated rings. The second kappa shape index (κ2) is 2.71. The Kier molecular flexibility index (Phi) is 1.66. The van der Waals surface area contributed by atoms with Crippen LogP contribution in [0.1, 0.15) is 21.6 Å². The summed E-state index contributed by atoms with van der Waals surface area (Å²) >= 11 is 0. The van der Waals surface area contributed by atoms with Crippen LogP contribution in [0.25, 0.3) is 0 Å². The first-order chi connectivity index (χ1) is 3.06. The summed E-state index contributed by atoms with van der Waals surface area (Å²) in [6, 6.07) is 1.92. The largest absolute Gasteiger partial charge is 0.198 e. The highest BCUT2D eigenvalue weighted by Crippen LogP contribution is 1.94. The van der Waals surface area contributed by atoms with E-state index in [9.17, 15) is 0 Å². The van der Waals surface area contributed by atoms with Crippen LogP contribution in [0, 0.1) is 17.2 Å². The van der Waals surface area contributed by atoms with Gasteiger partial charge < -0.3 is 0 Å². The van der Waals surface area contributed by atoms with Crippen LogP contribution in [-0.4, -0.2) is 0 Å². The fourth-order valence-corrected chi connectivity index (χ4v) is 0.158. The summed E-state index contributed by atoms with van der Waals surface area (Å²) in [7, 11) is 0. The van der Waals surface area contributed by atoms with E-state index in [0.717, 1.165) is 0 Å². The summed E-state index contributed by atoms with van der Waals surface area (Å²) in [6.45, 7) is 3.44. The molecule has 34 valence electrons. The van der Waals surface area contributed by atoms with Crippen LogP contribution >= 0.6 is 0 Å². The molecular formula is C5H9N. The van der Waals surface area contributed by atoms with E-state index in [0.29, 0.717) is 6.42 Å². The van der Waals surface area contributed by atoms with Crippen molar-refractivity contribution in [1.82, 2.24) is 0 Å². The molecule has 0 radical (unpaired) electrons. The van der Waals surface area contributed by atoms with Crippen molar-refractivity contribution in [2.75, 3.05) is 0 Å². The molecule has 0 saturated heterocycles. The lowest BCUT2D eigenvalue weighted by Gasteiger charge is -1.88. The molecule has 0 N–H and O–H groups in total.